The highest BCUT2D eigenvalue weighted by atomic mass is 16.5. The summed E-state index contributed by atoms with van der Waals surface area (Å²) in [4.78, 5) is 11.6. The molecule has 0 saturated carbocycles. The third-order valence-electron chi connectivity index (χ3n) is 3.87. The molecule has 2 heteroatoms. The minimum Gasteiger partial charge on any atom is -0.466 e. The molecule has 128 valence electrons. The number of rotatable bonds is 14. The van der Waals surface area contributed by atoms with Crippen LogP contribution in [0.15, 0.2) is 24.3 Å². The largest absolute Gasteiger partial charge is 0.466 e. The van der Waals surface area contributed by atoms with Gasteiger partial charge in [-0.05, 0) is 58.3 Å². The molecule has 0 heterocycles. The molecule has 0 bridgehead atoms. The zero-order valence-corrected chi connectivity index (χ0v) is 15.0. The van der Waals surface area contributed by atoms with E-state index in [4.69, 9.17) is 4.74 Å². The molecule has 1 atom stereocenters. The molecule has 22 heavy (non-hydrogen) atoms. The molecule has 0 saturated heterocycles. The molecule has 1 unspecified atom stereocenters. The van der Waals surface area contributed by atoms with E-state index in [9.17, 15) is 4.79 Å². The smallest absolute Gasteiger partial charge is 0.305 e. The molecular weight excluding hydrogens is 272 g/mol. The number of hydrogen-bond acceptors (Lipinski definition) is 2. The summed E-state index contributed by atoms with van der Waals surface area (Å²) < 4.78 is 5.32. The van der Waals surface area contributed by atoms with Gasteiger partial charge in [0, 0.05) is 6.42 Å². The number of allylic oxidation sites excluding steroid dienone is 3. The van der Waals surface area contributed by atoms with E-state index >= 15 is 0 Å². The van der Waals surface area contributed by atoms with Gasteiger partial charge in [-0.1, -0.05) is 43.9 Å². The molecule has 0 radical (unpaired) electrons. The third kappa shape index (κ3) is 15.3. The van der Waals surface area contributed by atoms with E-state index in [-0.39, 0.29) is 5.97 Å². The third-order valence-corrected chi connectivity index (χ3v) is 3.87. The van der Waals surface area contributed by atoms with Crippen LogP contribution in [0.4, 0.5) is 0 Å². The van der Waals surface area contributed by atoms with Crippen molar-refractivity contribution in [2.24, 2.45) is 5.92 Å². The average molecular weight is 309 g/mol. The van der Waals surface area contributed by atoms with Gasteiger partial charge in [0.25, 0.3) is 0 Å². The second-order valence-electron chi connectivity index (χ2n) is 6.57. The van der Waals surface area contributed by atoms with Crippen molar-refractivity contribution in [3.8, 4) is 0 Å². The summed E-state index contributed by atoms with van der Waals surface area (Å²) in [6, 6.07) is 0. The van der Waals surface area contributed by atoms with Crippen LogP contribution in [-0.2, 0) is 9.53 Å². The average Bonchev–Trinajstić information content (AvgIpc) is 2.46. The molecule has 0 amide bonds. The molecule has 0 N–H and O–H groups in total. The highest BCUT2D eigenvalue weighted by Crippen LogP contribution is 2.12. The van der Waals surface area contributed by atoms with Gasteiger partial charge in [-0.3, -0.25) is 4.79 Å². The summed E-state index contributed by atoms with van der Waals surface area (Å²) in [5, 5.41) is 0. The summed E-state index contributed by atoms with van der Waals surface area (Å²) in [7, 11) is 0. The summed E-state index contributed by atoms with van der Waals surface area (Å²) in [5.74, 6) is 0.593. The van der Waals surface area contributed by atoms with E-state index in [1.165, 1.54) is 31.3 Å². The molecule has 0 aliphatic rings. The standard InChI is InChI=1S/C20H36O2/c1-5-6-7-8-9-10-11-15-20(21)22-17-16-19(4)14-12-13-18(2)3/h5,13,19H,1,6-12,14-17H2,2-4H3. The van der Waals surface area contributed by atoms with Crippen molar-refractivity contribution in [3.05, 3.63) is 24.3 Å². The van der Waals surface area contributed by atoms with E-state index in [1.807, 2.05) is 6.08 Å². The van der Waals surface area contributed by atoms with E-state index < -0.39 is 0 Å². The molecule has 0 aromatic carbocycles. The Hall–Kier alpha value is -1.05. The lowest BCUT2D eigenvalue weighted by Crippen LogP contribution is -2.08. The Morgan fingerprint density at radius 3 is 2.41 bits per heavy atom. The number of carbonyl (C=O) groups excluding carboxylic acids is 1. The Bertz CT molecular complexity index is 314. The molecular formula is C20H36O2. The zero-order valence-electron chi connectivity index (χ0n) is 15.0. The number of esters is 1. The molecule has 2 nitrogen and oxygen atoms in total. The van der Waals surface area contributed by atoms with E-state index in [2.05, 4.69) is 33.4 Å². The van der Waals surface area contributed by atoms with Crippen molar-refractivity contribution in [3.63, 3.8) is 0 Å². The van der Waals surface area contributed by atoms with Crippen molar-refractivity contribution < 1.29 is 9.53 Å². The minimum atomic E-state index is -0.0254. The molecule has 0 aromatic heterocycles. The summed E-state index contributed by atoms with van der Waals surface area (Å²) in [5.41, 5.74) is 1.38. The second kappa shape index (κ2) is 14.9. The summed E-state index contributed by atoms with van der Waals surface area (Å²) >= 11 is 0. The van der Waals surface area contributed by atoms with Crippen molar-refractivity contribution in [2.75, 3.05) is 6.61 Å². The lowest BCUT2D eigenvalue weighted by atomic mass is 10.0. The number of hydrogen-bond donors (Lipinski definition) is 0. The first-order valence-corrected chi connectivity index (χ1v) is 8.96. The molecule has 0 aromatic rings. The highest BCUT2D eigenvalue weighted by Gasteiger charge is 2.05. The molecule has 0 spiro atoms. The Balaban J connectivity index is 3.41. The lowest BCUT2D eigenvalue weighted by Gasteiger charge is -2.10. The SMILES string of the molecule is C=CCCCCCCCC(=O)OCCC(C)CCC=C(C)C. The van der Waals surface area contributed by atoms with Crippen LogP contribution >= 0.6 is 0 Å². The Morgan fingerprint density at radius 2 is 1.73 bits per heavy atom. The first-order chi connectivity index (χ1) is 10.6. The van der Waals surface area contributed by atoms with Crippen LogP contribution in [0.1, 0.15) is 85.0 Å². The maximum absolute atomic E-state index is 11.6. The fourth-order valence-corrected chi connectivity index (χ4v) is 2.34. The van der Waals surface area contributed by atoms with Crippen LogP contribution in [-0.4, -0.2) is 12.6 Å². The van der Waals surface area contributed by atoms with Crippen molar-refractivity contribution in [1.29, 1.82) is 0 Å². The lowest BCUT2D eigenvalue weighted by molar-refractivity contribution is -0.144. The van der Waals surface area contributed by atoms with Crippen molar-refractivity contribution >= 4 is 5.97 Å². The van der Waals surface area contributed by atoms with Crippen LogP contribution < -0.4 is 0 Å². The van der Waals surface area contributed by atoms with Gasteiger partial charge in [0.1, 0.15) is 0 Å². The number of carbonyl (C=O) groups is 1. The molecule has 0 fully saturated rings. The predicted molar refractivity (Wildman–Crippen MR) is 95.9 cm³/mol. The quantitative estimate of drug-likeness (QED) is 0.216. The van der Waals surface area contributed by atoms with Crippen LogP contribution in [0.5, 0.6) is 0 Å². The molecule has 0 aliphatic carbocycles. The maximum Gasteiger partial charge on any atom is 0.305 e. The fourth-order valence-electron chi connectivity index (χ4n) is 2.34. The van der Waals surface area contributed by atoms with E-state index in [0.29, 0.717) is 18.9 Å². The molecule has 0 aliphatic heterocycles. The fraction of sp³-hybridized carbons (Fsp3) is 0.750. The van der Waals surface area contributed by atoms with Gasteiger partial charge in [0.15, 0.2) is 0 Å². The van der Waals surface area contributed by atoms with Gasteiger partial charge in [-0.15, -0.1) is 6.58 Å². The van der Waals surface area contributed by atoms with Crippen molar-refractivity contribution in [2.45, 2.75) is 85.0 Å². The van der Waals surface area contributed by atoms with Gasteiger partial charge in [0.2, 0.25) is 0 Å². The minimum absolute atomic E-state index is 0.0254. The number of unbranched alkanes of at least 4 members (excludes halogenated alkanes) is 5. The van der Waals surface area contributed by atoms with Crippen LogP contribution in [0, 0.1) is 5.92 Å². The second-order valence-corrected chi connectivity index (χ2v) is 6.57. The van der Waals surface area contributed by atoms with Gasteiger partial charge in [0.05, 0.1) is 6.61 Å². The summed E-state index contributed by atoms with van der Waals surface area (Å²) in [6.45, 7) is 10.8. The number of ether oxygens (including phenoxy) is 1. The van der Waals surface area contributed by atoms with Crippen LogP contribution in [0.25, 0.3) is 0 Å². The zero-order chi connectivity index (χ0) is 16.6. The van der Waals surface area contributed by atoms with Gasteiger partial charge in [-0.2, -0.15) is 0 Å². The Kier molecular flexibility index (Phi) is 14.2. The van der Waals surface area contributed by atoms with Crippen LogP contribution in [0.3, 0.4) is 0 Å². The van der Waals surface area contributed by atoms with Gasteiger partial charge >= 0.3 is 5.97 Å². The first kappa shape index (κ1) is 20.9. The normalized spacial score (nSPS) is 11.8. The monoisotopic (exact) mass is 308 g/mol. The highest BCUT2D eigenvalue weighted by molar-refractivity contribution is 5.69. The van der Waals surface area contributed by atoms with Crippen LogP contribution in [0.2, 0.25) is 0 Å². The molecule has 0 rings (SSSR count). The van der Waals surface area contributed by atoms with Gasteiger partial charge in [-0.25, -0.2) is 0 Å². The predicted octanol–water partition coefficient (Wildman–Crippen LogP) is 6.22. The van der Waals surface area contributed by atoms with E-state index in [1.54, 1.807) is 0 Å². The van der Waals surface area contributed by atoms with Gasteiger partial charge < -0.3 is 4.74 Å². The first-order valence-electron chi connectivity index (χ1n) is 8.96. The Labute approximate surface area is 138 Å². The summed E-state index contributed by atoms with van der Waals surface area (Å²) in [6.07, 6.45) is 15.0. The van der Waals surface area contributed by atoms with E-state index in [0.717, 1.165) is 32.1 Å². The topological polar surface area (TPSA) is 26.3 Å². The van der Waals surface area contributed by atoms with Crippen molar-refractivity contribution in [1.82, 2.24) is 0 Å². The Morgan fingerprint density at radius 1 is 1.05 bits per heavy atom. The maximum atomic E-state index is 11.6.